The van der Waals surface area contributed by atoms with Crippen LogP contribution in [0, 0.1) is 3.57 Å². The van der Waals surface area contributed by atoms with Crippen LogP contribution in [0.15, 0.2) is 30.5 Å². The van der Waals surface area contributed by atoms with E-state index in [9.17, 15) is 4.79 Å². The number of nitrogens with zero attached hydrogens (tertiary/aromatic N) is 4. The summed E-state index contributed by atoms with van der Waals surface area (Å²) >= 11 is 8.38. The van der Waals surface area contributed by atoms with Crippen molar-refractivity contribution in [3.8, 4) is 0 Å². The van der Waals surface area contributed by atoms with E-state index in [1.165, 1.54) is 0 Å². The number of hydrogen-bond donors (Lipinski definition) is 0. The first kappa shape index (κ1) is 16.7. The second-order valence-corrected chi connectivity index (χ2v) is 7.23. The predicted octanol–water partition coefficient (Wildman–Crippen LogP) is 2.64. The number of aromatic nitrogens is 2. The van der Waals surface area contributed by atoms with Crippen LogP contribution in [-0.2, 0) is 13.6 Å². The average molecular weight is 445 g/mol. The molecule has 0 atom stereocenters. The van der Waals surface area contributed by atoms with E-state index < -0.39 is 0 Å². The molecule has 7 heteroatoms. The van der Waals surface area contributed by atoms with Crippen molar-refractivity contribution in [2.24, 2.45) is 7.05 Å². The van der Waals surface area contributed by atoms with Gasteiger partial charge in [0, 0.05) is 51.0 Å². The van der Waals surface area contributed by atoms with E-state index in [0.29, 0.717) is 5.69 Å². The minimum atomic E-state index is 0.0207. The molecule has 1 amide bonds. The number of hydrogen-bond acceptors (Lipinski definition) is 3. The van der Waals surface area contributed by atoms with Gasteiger partial charge in [0.05, 0.1) is 3.57 Å². The number of halogens is 2. The fraction of sp³-hybridized carbons (Fsp3) is 0.375. The molecule has 122 valence electrons. The zero-order valence-corrected chi connectivity index (χ0v) is 15.8. The normalized spacial score (nSPS) is 15.9. The van der Waals surface area contributed by atoms with Crippen molar-refractivity contribution in [2.45, 2.75) is 6.54 Å². The molecule has 1 aliphatic heterocycles. The maximum absolute atomic E-state index is 12.6. The first-order valence-electron chi connectivity index (χ1n) is 7.49. The molecule has 2 aromatic rings. The van der Waals surface area contributed by atoms with E-state index in [1.54, 1.807) is 4.68 Å². The Bertz CT molecular complexity index is 710. The number of piperazine rings is 1. The molecule has 3 rings (SSSR count). The van der Waals surface area contributed by atoms with Crippen LogP contribution in [0.25, 0.3) is 0 Å². The number of aryl methyl sites for hydroxylation is 1. The van der Waals surface area contributed by atoms with Gasteiger partial charge < -0.3 is 4.90 Å². The van der Waals surface area contributed by atoms with Crippen molar-refractivity contribution >= 4 is 40.1 Å². The summed E-state index contributed by atoms with van der Waals surface area (Å²) < 4.78 is 2.58. The van der Waals surface area contributed by atoms with Gasteiger partial charge >= 0.3 is 0 Å². The van der Waals surface area contributed by atoms with E-state index in [0.717, 1.165) is 46.9 Å². The van der Waals surface area contributed by atoms with Gasteiger partial charge in [-0.25, -0.2) is 0 Å². The highest BCUT2D eigenvalue weighted by molar-refractivity contribution is 14.1. The molecule has 0 bridgehead atoms. The van der Waals surface area contributed by atoms with E-state index in [4.69, 9.17) is 11.6 Å². The molecule has 1 saturated heterocycles. The van der Waals surface area contributed by atoms with Gasteiger partial charge in [0.1, 0.15) is 0 Å². The summed E-state index contributed by atoms with van der Waals surface area (Å²) in [6, 6.07) is 7.91. The van der Waals surface area contributed by atoms with Crippen molar-refractivity contribution in [3.63, 3.8) is 0 Å². The Labute approximate surface area is 154 Å². The van der Waals surface area contributed by atoms with Crippen LogP contribution in [0.3, 0.4) is 0 Å². The minimum absolute atomic E-state index is 0.0207. The number of benzene rings is 1. The summed E-state index contributed by atoms with van der Waals surface area (Å²) in [5.41, 5.74) is 1.68. The van der Waals surface area contributed by atoms with Crippen LogP contribution < -0.4 is 0 Å². The van der Waals surface area contributed by atoms with Gasteiger partial charge in [-0.2, -0.15) is 5.10 Å². The lowest BCUT2D eigenvalue weighted by Crippen LogP contribution is -2.48. The third-order valence-electron chi connectivity index (χ3n) is 4.00. The lowest BCUT2D eigenvalue weighted by Gasteiger charge is -2.34. The van der Waals surface area contributed by atoms with Crippen LogP contribution in [-0.4, -0.2) is 51.7 Å². The molecule has 23 heavy (non-hydrogen) atoms. The summed E-state index contributed by atoms with van der Waals surface area (Å²) in [6.07, 6.45) is 1.86. The second-order valence-electron chi connectivity index (χ2n) is 5.66. The van der Waals surface area contributed by atoms with Gasteiger partial charge in [-0.3, -0.25) is 14.4 Å². The van der Waals surface area contributed by atoms with E-state index in [1.807, 2.05) is 36.3 Å². The van der Waals surface area contributed by atoms with Crippen LogP contribution in [0.1, 0.15) is 16.1 Å². The Hall–Kier alpha value is -1.12. The van der Waals surface area contributed by atoms with Gasteiger partial charge in [-0.05, 0) is 34.2 Å². The third kappa shape index (κ3) is 3.87. The molecule has 1 aromatic heterocycles. The fourth-order valence-electron chi connectivity index (χ4n) is 2.73. The van der Waals surface area contributed by atoms with Gasteiger partial charge in [-0.15, -0.1) is 0 Å². The number of carbonyl (C=O) groups excluding carboxylic acids is 1. The molecule has 0 aliphatic carbocycles. The molecule has 0 saturated carbocycles. The zero-order chi connectivity index (χ0) is 16.4. The molecular formula is C16H18ClIN4O. The molecule has 0 spiro atoms. The average Bonchev–Trinajstić information content (AvgIpc) is 2.88. The van der Waals surface area contributed by atoms with Gasteiger partial charge in [0.15, 0.2) is 5.69 Å². The molecule has 1 fully saturated rings. The van der Waals surface area contributed by atoms with Gasteiger partial charge in [0.2, 0.25) is 0 Å². The Kier molecular flexibility index (Phi) is 5.23. The second kappa shape index (κ2) is 7.19. The van der Waals surface area contributed by atoms with Crippen LogP contribution in [0.4, 0.5) is 0 Å². The fourth-order valence-corrected chi connectivity index (χ4v) is 3.67. The molecule has 5 nitrogen and oxygen atoms in total. The van der Waals surface area contributed by atoms with Crippen molar-refractivity contribution in [2.75, 3.05) is 26.2 Å². The first-order chi connectivity index (χ1) is 11.0. The minimum Gasteiger partial charge on any atom is -0.335 e. The molecule has 0 N–H and O–H groups in total. The molecule has 1 aromatic carbocycles. The SMILES string of the molecule is Cn1cc(I)c(C(=O)N2CCN(Cc3ccccc3Cl)CC2)n1. The maximum atomic E-state index is 12.6. The quantitative estimate of drug-likeness (QED) is 0.684. The summed E-state index contributed by atoms with van der Waals surface area (Å²) in [6.45, 7) is 3.95. The van der Waals surface area contributed by atoms with Crippen LogP contribution in [0.2, 0.25) is 5.02 Å². The van der Waals surface area contributed by atoms with E-state index in [2.05, 4.69) is 38.7 Å². The Balaban J connectivity index is 1.59. The largest absolute Gasteiger partial charge is 0.335 e. The Morgan fingerprint density at radius 2 is 1.96 bits per heavy atom. The first-order valence-corrected chi connectivity index (χ1v) is 8.94. The van der Waals surface area contributed by atoms with Gasteiger partial charge in [-0.1, -0.05) is 29.8 Å². The summed E-state index contributed by atoms with van der Waals surface area (Å²) in [5, 5.41) is 5.07. The smallest absolute Gasteiger partial charge is 0.275 e. The van der Waals surface area contributed by atoms with E-state index >= 15 is 0 Å². The Morgan fingerprint density at radius 1 is 1.26 bits per heavy atom. The predicted molar refractivity (Wildman–Crippen MR) is 98.6 cm³/mol. The van der Waals surface area contributed by atoms with Crippen LogP contribution in [0.5, 0.6) is 0 Å². The molecule has 1 aliphatic rings. The lowest BCUT2D eigenvalue weighted by atomic mass is 10.2. The number of amides is 1. The third-order valence-corrected chi connectivity index (χ3v) is 5.16. The van der Waals surface area contributed by atoms with Crippen molar-refractivity contribution in [1.82, 2.24) is 19.6 Å². The standard InChI is InChI=1S/C16H18ClIN4O/c1-20-11-14(18)15(19-20)16(23)22-8-6-21(7-9-22)10-12-4-2-3-5-13(12)17/h2-5,11H,6-10H2,1H3. The summed E-state index contributed by atoms with van der Waals surface area (Å²) in [7, 11) is 1.83. The Morgan fingerprint density at radius 3 is 2.57 bits per heavy atom. The topological polar surface area (TPSA) is 41.4 Å². The van der Waals surface area contributed by atoms with Crippen molar-refractivity contribution in [3.05, 3.63) is 50.3 Å². The van der Waals surface area contributed by atoms with Crippen LogP contribution >= 0.6 is 34.2 Å². The molecule has 0 unspecified atom stereocenters. The summed E-state index contributed by atoms with van der Waals surface area (Å²) in [5.74, 6) is 0.0207. The zero-order valence-electron chi connectivity index (χ0n) is 12.9. The van der Waals surface area contributed by atoms with E-state index in [-0.39, 0.29) is 5.91 Å². The molecule has 0 radical (unpaired) electrons. The highest BCUT2D eigenvalue weighted by Crippen LogP contribution is 2.19. The monoisotopic (exact) mass is 444 g/mol. The maximum Gasteiger partial charge on any atom is 0.275 e. The summed E-state index contributed by atoms with van der Waals surface area (Å²) in [4.78, 5) is 16.8. The highest BCUT2D eigenvalue weighted by atomic mass is 127. The number of rotatable bonds is 3. The molecular weight excluding hydrogens is 427 g/mol. The van der Waals surface area contributed by atoms with Crippen molar-refractivity contribution < 1.29 is 4.79 Å². The number of carbonyl (C=O) groups is 1. The highest BCUT2D eigenvalue weighted by Gasteiger charge is 2.25. The molecule has 2 heterocycles. The lowest BCUT2D eigenvalue weighted by molar-refractivity contribution is 0.0621. The van der Waals surface area contributed by atoms with Gasteiger partial charge in [0.25, 0.3) is 5.91 Å². The van der Waals surface area contributed by atoms with Crippen molar-refractivity contribution in [1.29, 1.82) is 0 Å².